The number of piperazine rings is 1. The van der Waals surface area contributed by atoms with Crippen molar-refractivity contribution in [2.24, 2.45) is 5.92 Å². The van der Waals surface area contributed by atoms with Crippen LogP contribution in [0.3, 0.4) is 0 Å². The Kier molecular flexibility index (Phi) is 3.45. The first-order valence-electron chi connectivity index (χ1n) is 8.34. The third-order valence-corrected chi connectivity index (χ3v) is 5.19. The van der Waals surface area contributed by atoms with Crippen molar-refractivity contribution in [2.75, 3.05) is 26.2 Å². The smallest absolute Gasteiger partial charge is 0.225 e. The average molecular weight is 288 g/mol. The first kappa shape index (κ1) is 13.3. The lowest BCUT2D eigenvalue weighted by Gasteiger charge is -2.38. The van der Waals surface area contributed by atoms with Crippen LogP contribution < -0.4 is 0 Å². The van der Waals surface area contributed by atoms with E-state index in [2.05, 4.69) is 25.5 Å². The van der Waals surface area contributed by atoms with E-state index in [1.807, 2.05) is 6.20 Å². The van der Waals surface area contributed by atoms with Gasteiger partial charge in [-0.3, -0.25) is 9.69 Å². The van der Waals surface area contributed by atoms with Crippen LogP contribution in [0.5, 0.6) is 0 Å². The van der Waals surface area contributed by atoms with Gasteiger partial charge in [0.2, 0.25) is 5.91 Å². The van der Waals surface area contributed by atoms with E-state index in [0.29, 0.717) is 17.9 Å². The number of imidazole rings is 1. The monoisotopic (exact) mass is 288 g/mol. The molecule has 3 aliphatic rings. The molecule has 0 spiro atoms. The normalized spacial score (nSPS) is 24.1. The first-order valence-corrected chi connectivity index (χ1v) is 8.34. The molecule has 0 radical (unpaired) electrons. The van der Waals surface area contributed by atoms with Gasteiger partial charge in [-0.1, -0.05) is 6.42 Å². The van der Waals surface area contributed by atoms with Gasteiger partial charge < -0.3 is 9.47 Å². The van der Waals surface area contributed by atoms with Crippen molar-refractivity contribution in [3.8, 4) is 0 Å². The van der Waals surface area contributed by atoms with E-state index in [9.17, 15) is 4.79 Å². The summed E-state index contributed by atoms with van der Waals surface area (Å²) >= 11 is 0. The minimum Gasteiger partial charge on any atom is -0.340 e. The third-order valence-electron chi connectivity index (χ3n) is 5.19. The Morgan fingerprint density at radius 2 is 1.90 bits per heavy atom. The standard InChI is InChI=1S/C16H24N4O/c21-16(13-2-1-3-13)19-10-8-18(9-11-19)12-15-17-6-7-20(15)14-4-5-14/h6-7,13-14H,1-5,8-12H2. The van der Waals surface area contributed by atoms with Crippen LogP contribution >= 0.6 is 0 Å². The SMILES string of the molecule is O=C(C1CCC1)N1CCN(Cc2nccn2C2CC2)CC1. The van der Waals surface area contributed by atoms with Crippen molar-refractivity contribution in [3.63, 3.8) is 0 Å². The minimum atomic E-state index is 0.338. The molecule has 5 heteroatoms. The number of carbonyl (C=O) groups is 1. The molecule has 1 aromatic rings. The highest BCUT2D eigenvalue weighted by Gasteiger charge is 2.31. The zero-order valence-corrected chi connectivity index (χ0v) is 12.6. The maximum absolute atomic E-state index is 12.2. The van der Waals surface area contributed by atoms with E-state index in [4.69, 9.17) is 0 Å². The van der Waals surface area contributed by atoms with Crippen molar-refractivity contribution < 1.29 is 4.79 Å². The van der Waals surface area contributed by atoms with Gasteiger partial charge in [-0.25, -0.2) is 4.98 Å². The number of hydrogen-bond acceptors (Lipinski definition) is 3. The highest BCUT2D eigenvalue weighted by molar-refractivity contribution is 5.79. The van der Waals surface area contributed by atoms with E-state index in [0.717, 1.165) is 45.6 Å². The molecule has 5 nitrogen and oxygen atoms in total. The second kappa shape index (κ2) is 5.44. The molecule has 2 aliphatic carbocycles. The molecule has 0 unspecified atom stereocenters. The van der Waals surface area contributed by atoms with Crippen LogP contribution in [0, 0.1) is 5.92 Å². The molecular weight excluding hydrogens is 264 g/mol. The quantitative estimate of drug-likeness (QED) is 0.846. The maximum Gasteiger partial charge on any atom is 0.225 e. The second-order valence-electron chi connectivity index (χ2n) is 6.71. The van der Waals surface area contributed by atoms with Crippen molar-refractivity contribution in [2.45, 2.75) is 44.7 Å². The molecule has 1 amide bonds. The fourth-order valence-electron chi connectivity index (χ4n) is 3.39. The highest BCUT2D eigenvalue weighted by atomic mass is 16.2. The molecule has 1 aliphatic heterocycles. The summed E-state index contributed by atoms with van der Waals surface area (Å²) in [5, 5.41) is 0. The molecule has 4 rings (SSSR count). The number of amides is 1. The summed E-state index contributed by atoms with van der Waals surface area (Å²) in [6.45, 7) is 4.67. The summed E-state index contributed by atoms with van der Waals surface area (Å²) in [5.41, 5.74) is 0. The van der Waals surface area contributed by atoms with Crippen molar-refractivity contribution >= 4 is 5.91 Å². The van der Waals surface area contributed by atoms with Crippen LogP contribution in [-0.4, -0.2) is 51.4 Å². The molecule has 0 aromatic carbocycles. The van der Waals surface area contributed by atoms with E-state index in [-0.39, 0.29) is 0 Å². The molecule has 2 saturated carbocycles. The maximum atomic E-state index is 12.2. The average Bonchev–Trinajstić information content (AvgIpc) is 3.18. The van der Waals surface area contributed by atoms with Crippen molar-refractivity contribution in [1.82, 2.24) is 19.4 Å². The molecule has 3 fully saturated rings. The zero-order chi connectivity index (χ0) is 14.2. The lowest BCUT2D eigenvalue weighted by atomic mass is 9.84. The van der Waals surface area contributed by atoms with Gasteiger partial charge in [-0.2, -0.15) is 0 Å². The van der Waals surface area contributed by atoms with Gasteiger partial charge >= 0.3 is 0 Å². The predicted molar refractivity (Wildman–Crippen MR) is 79.7 cm³/mol. The number of nitrogens with zero attached hydrogens (tertiary/aromatic N) is 4. The first-order chi connectivity index (χ1) is 10.3. The number of hydrogen-bond donors (Lipinski definition) is 0. The number of carbonyl (C=O) groups excluding carboxylic acids is 1. The van der Waals surface area contributed by atoms with Gasteiger partial charge in [0.15, 0.2) is 0 Å². The van der Waals surface area contributed by atoms with Gasteiger partial charge in [0, 0.05) is 50.5 Å². The van der Waals surface area contributed by atoms with E-state index >= 15 is 0 Å². The summed E-state index contributed by atoms with van der Waals surface area (Å²) in [7, 11) is 0. The largest absolute Gasteiger partial charge is 0.340 e. The topological polar surface area (TPSA) is 41.4 Å². The Labute approximate surface area is 125 Å². The summed E-state index contributed by atoms with van der Waals surface area (Å²) in [4.78, 5) is 21.3. The van der Waals surface area contributed by atoms with Crippen molar-refractivity contribution in [1.29, 1.82) is 0 Å². The lowest BCUT2D eigenvalue weighted by molar-refractivity contribution is -0.140. The molecule has 1 aromatic heterocycles. The molecule has 0 N–H and O–H groups in total. The van der Waals surface area contributed by atoms with Crippen LogP contribution in [0.1, 0.15) is 44.0 Å². The number of aromatic nitrogens is 2. The third kappa shape index (κ3) is 2.71. The molecule has 1 saturated heterocycles. The molecule has 2 heterocycles. The molecule has 114 valence electrons. The Bertz CT molecular complexity index is 510. The van der Waals surface area contributed by atoms with E-state index in [1.54, 1.807) is 0 Å². The lowest BCUT2D eigenvalue weighted by Crippen LogP contribution is -2.50. The minimum absolute atomic E-state index is 0.338. The summed E-state index contributed by atoms with van der Waals surface area (Å²) in [6, 6.07) is 0.698. The van der Waals surface area contributed by atoms with Crippen LogP contribution in [0.25, 0.3) is 0 Å². The van der Waals surface area contributed by atoms with Crippen LogP contribution in [0.2, 0.25) is 0 Å². The van der Waals surface area contributed by atoms with Crippen LogP contribution in [0.15, 0.2) is 12.4 Å². The molecule has 0 atom stereocenters. The van der Waals surface area contributed by atoms with Crippen LogP contribution in [-0.2, 0) is 11.3 Å². The molecule has 0 bridgehead atoms. The highest BCUT2D eigenvalue weighted by Crippen LogP contribution is 2.35. The summed E-state index contributed by atoms with van der Waals surface area (Å²) < 4.78 is 2.34. The van der Waals surface area contributed by atoms with Gasteiger partial charge in [0.1, 0.15) is 5.82 Å². The Morgan fingerprint density at radius 1 is 1.14 bits per heavy atom. The second-order valence-corrected chi connectivity index (χ2v) is 6.71. The van der Waals surface area contributed by atoms with E-state index in [1.165, 1.54) is 25.1 Å². The van der Waals surface area contributed by atoms with Crippen molar-refractivity contribution in [3.05, 3.63) is 18.2 Å². The van der Waals surface area contributed by atoms with Crippen LogP contribution in [0.4, 0.5) is 0 Å². The zero-order valence-electron chi connectivity index (χ0n) is 12.6. The predicted octanol–water partition coefficient (Wildman–Crippen LogP) is 1.66. The van der Waals surface area contributed by atoms with Gasteiger partial charge in [-0.15, -0.1) is 0 Å². The fourth-order valence-corrected chi connectivity index (χ4v) is 3.39. The molecular formula is C16H24N4O. The Balaban J connectivity index is 1.30. The summed E-state index contributed by atoms with van der Waals surface area (Å²) in [6.07, 6.45) is 10.1. The Hall–Kier alpha value is -1.36. The fraction of sp³-hybridized carbons (Fsp3) is 0.750. The van der Waals surface area contributed by atoms with Gasteiger partial charge in [0.25, 0.3) is 0 Å². The summed E-state index contributed by atoms with van der Waals surface area (Å²) in [5.74, 6) is 1.93. The number of rotatable bonds is 4. The molecule has 21 heavy (non-hydrogen) atoms. The Morgan fingerprint density at radius 3 is 2.52 bits per heavy atom. The van der Waals surface area contributed by atoms with Gasteiger partial charge in [-0.05, 0) is 25.7 Å². The van der Waals surface area contributed by atoms with Gasteiger partial charge in [0.05, 0.1) is 6.54 Å². The van der Waals surface area contributed by atoms with E-state index < -0.39 is 0 Å².